The van der Waals surface area contributed by atoms with Crippen molar-refractivity contribution in [2.24, 2.45) is 15.0 Å². The number of imidazole rings is 3. The topological polar surface area (TPSA) is 123 Å². The van der Waals surface area contributed by atoms with E-state index in [1.807, 2.05) is 27.0 Å². The molecule has 0 saturated heterocycles. The second-order valence-corrected chi connectivity index (χ2v) is 10.4. The summed E-state index contributed by atoms with van der Waals surface area (Å²) in [5, 5.41) is 0. The molecule has 0 radical (unpaired) electrons. The Morgan fingerprint density at radius 2 is 1.29 bits per heavy atom. The molecule has 0 fully saturated rings. The monoisotopic (exact) mass is 570 g/mol. The van der Waals surface area contributed by atoms with Crippen molar-refractivity contribution in [2.75, 3.05) is 39.3 Å². The second-order valence-electron chi connectivity index (χ2n) is 7.55. The number of H-pyrrole nitrogens is 1. The molecule has 0 bridgehead atoms. The van der Waals surface area contributed by atoms with Crippen LogP contribution in [0.25, 0.3) is 0 Å². The van der Waals surface area contributed by atoms with Gasteiger partial charge in [0.05, 0.1) is 26.0 Å². The van der Waals surface area contributed by atoms with Gasteiger partial charge < -0.3 is 24.9 Å². The Morgan fingerprint density at radius 3 is 1.68 bits per heavy atom. The van der Waals surface area contributed by atoms with Crippen molar-refractivity contribution in [1.82, 2.24) is 34.8 Å². The summed E-state index contributed by atoms with van der Waals surface area (Å²) in [6.45, 7) is 10.3. The first kappa shape index (κ1) is 27.6. The number of hydrogen-bond acceptors (Lipinski definition) is 7. The molecule has 0 spiro atoms. The van der Waals surface area contributed by atoms with Gasteiger partial charge in [0.2, 0.25) is 0 Å². The van der Waals surface area contributed by atoms with Crippen LogP contribution >= 0.6 is 0 Å². The Morgan fingerprint density at radius 1 is 0.824 bits per heavy atom. The zero-order valence-corrected chi connectivity index (χ0v) is 23.6. The summed E-state index contributed by atoms with van der Waals surface area (Å²) in [5.74, 6) is 0. The van der Waals surface area contributed by atoms with E-state index in [1.165, 1.54) is 0 Å². The third-order valence-electron chi connectivity index (χ3n) is 4.78. The standard InChI is InChI=1S/C21H28N10.2CH3.Sn/c1-16-19(28-13-25-16)10-22-4-7-31(8-5-23-11-20-17(2)26-14-29-20)9-6-24-12-21-18(3)27-15-30-21;;;/h10-15H,4-9H2,1-3H3,(H-2,25,26,27,28,29,30);2*1H3;/q-2;;;+2. The van der Waals surface area contributed by atoms with E-state index >= 15 is 0 Å². The van der Waals surface area contributed by atoms with Gasteiger partial charge in [-0.2, -0.15) is 0 Å². The zero-order valence-electron chi connectivity index (χ0n) is 20.7. The Labute approximate surface area is 212 Å². The van der Waals surface area contributed by atoms with Gasteiger partial charge in [0.1, 0.15) is 5.69 Å². The molecule has 1 N–H and O–H groups in total. The van der Waals surface area contributed by atoms with Gasteiger partial charge in [0.25, 0.3) is 0 Å². The van der Waals surface area contributed by atoms with Crippen LogP contribution in [0.15, 0.2) is 34.0 Å². The van der Waals surface area contributed by atoms with Crippen LogP contribution < -0.4 is 9.97 Å². The molecule has 3 rings (SSSR count). The predicted molar refractivity (Wildman–Crippen MR) is 139 cm³/mol. The van der Waals surface area contributed by atoms with Gasteiger partial charge in [-0.3, -0.25) is 19.9 Å². The van der Waals surface area contributed by atoms with E-state index < -0.39 is 0 Å². The molecule has 11 heteroatoms. The van der Waals surface area contributed by atoms with Crippen molar-refractivity contribution in [1.29, 1.82) is 0 Å². The molecule has 0 aliphatic rings. The molecule has 3 heterocycles. The zero-order chi connectivity index (χ0) is 24.6. The minimum absolute atomic E-state index is 0.230. The van der Waals surface area contributed by atoms with Crippen LogP contribution in [0, 0.1) is 20.8 Å². The molecule has 0 aliphatic heterocycles. The number of nitrogens with zero attached hydrogens (tertiary/aromatic N) is 9. The fourth-order valence-corrected chi connectivity index (χ4v) is 2.81. The third kappa shape index (κ3) is 10.1. The van der Waals surface area contributed by atoms with Crippen LogP contribution in [-0.4, -0.2) is 104 Å². The van der Waals surface area contributed by atoms with Gasteiger partial charge in [-0.25, -0.2) is 4.98 Å². The molecule has 180 valence electrons. The Kier molecular flexibility index (Phi) is 13.1. The van der Waals surface area contributed by atoms with Gasteiger partial charge >= 0.3 is 31.0 Å². The van der Waals surface area contributed by atoms with E-state index in [0.717, 1.165) is 53.8 Å². The van der Waals surface area contributed by atoms with E-state index in [-0.39, 0.29) is 21.1 Å². The number of rotatable bonds is 12. The molecular weight excluding hydrogens is 535 g/mol. The summed E-state index contributed by atoms with van der Waals surface area (Å²) in [5.41, 5.74) is 5.31. The quantitative estimate of drug-likeness (QED) is 0.262. The van der Waals surface area contributed by atoms with Gasteiger partial charge in [-0.15, -0.1) is 0 Å². The first-order valence-electron chi connectivity index (χ1n) is 11.2. The molecule has 0 aromatic carbocycles. The summed E-state index contributed by atoms with van der Waals surface area (Å²) in [7, 11) is 0. The second kappa shape index (κ2) is 16.1. The van der Waals surface area contributed by atoms with Crippen molar-refractivity contribution in [3.8, 4) is 0 Å². The molecule has 0 amide bonds. The summed E-state index contributed by atoms with van der Waals surface area (Å²) in [4.78, 5) is 44.3. The molecule has 0 aliphatic carbocycles. The normalized spacial score (nSPS) is 11.6. The van der Waals surface area contributed by atoms with Crippen LogP contribution in [0.2, 0.25) is 9.88 Å². The van der Waals surface area contributed by atoms with Gasteiger partial charge in [0.15, 0.2) is 0 Å². The van der Waals surface area contributed by atoms with Gasteiger partial charge in [-0.1, -0.05) is 24.0 Å². The van der Waals surface area contributed by atoms with E-state index in [0.29, 0.717) is 19.6 Å². The van der Waals surface area contributed by atoms with Crippen molar-refractivity contribution in [2.45, 2.75) is 30.7 Å². The first-order chi connectivity index (χ1) is 16.5. The van der Waals surface area contributed by atoms with E-state index in [2.05, 4.69) is 59.7 Å². The Bertz CT molecular complexity index is 901. The molecule has 0 atom stereocenters. The molecular formula is C23H34N10Sn. The summed E-state index contributed by atoms with van der Waals surface area (Å²) in [6.07, 6.45) is 10.2. The Balaban J connectivity index is 0.00000129. The van der Waals surface area contributed by atoms with Crippen LogP contribution in [-0.2, 0) is 0 Å². The van der Waals surface area contributed by atoms with Gasteiger partial charge in [0, 0.05) is 44.0 Å². The van der Waals surface area contributed by atoms with E-state index in [9.17, 15) is 0 Å². The number of nitrogens with one attached hydrogen (secondary N) is 1. The number of aromatic nitrogens is 6. The number of hydrogen-bond donors (Lipinski definition) is 1. The van der Waals surface area contributed by atoms with Crippen LogP contribution in [0.1, 0.15) is 34.2 Å². The molecule has 0 saturated carbocycles. The summed E-state index contributed by atoms with van der Waals surface area (Å²) >= 11 is 0.230. The van der Waals surface area contributed by atoms with Crippen molar-refractivity contribution in [3.05, 3.63) is 53.1 Å². The molecule has 10 nitrogen and oxygen atoms in total. The van der Waals surface area contributed by atoms with E-state index in [4.69, 9.17) is 0 Å². The molecule has 3 aromatic heterocycles. The first-order valence-corrected chi connectivity index (χ1v) is 16.9. The number of aliphatic imine (C=N–C) groups is 3. The summed E-state index contributed by atoms with van der Waals surface area (Å²) in [6, 6.07) is 0. The van der Waals surface area contributed by atoms with Gasteiger partial charge in [-0.05, 0) is 32.2 Å². The van der Waals surface area contributed by atoms with Crippen LogP contribution in [0.5, 0.6) is 0 Å². The van der Waals surface area contributed by atoms with Crippen molar-refractivity contribution >= 4 is 39.8 Å². The Hall–Kier alpha value is -2.60. The van der Waals surface area contributed by atoms with E-state index in [1.54, 1.807) is 31.4 Å². The molecule has 34 heavy (non-hydrogen) atoms. The predicted octanol–water partition coefficient (Wildman–Crippen LogP) is 1.79. The molecule has 3 aromatic rings. The fourth-order valence-electron chi connectivity index (χ4n) is 2.81. The summed E-state index contributed by atoms with van der Waals surface area (Å²) < 4.78 is 0. The maximum atomic E-state index is 4.51. The SMILES string of the molecule is Cc1nc[n-]c1C=NCCN(CCN=Cc1nc[nH]c1C)CCN=Cc1[n-]cnc1C.[CH3][Sn+2][CH3]. The van der Waals surface area contributed by atoms with Crippen molar-refractivity contribution < 1.29 is 0 Å². The maximum absolute atomic E-state index is 4.51. The third-order valence-corrected chi connectivity index (χ3v) is 4.78. The average molecular weight is 569 g/mol. The number of aryl methyl sites for hydroxylation is 3. The van der Waals surface area contributed by atoms with Crippen molar-refractivity contribution in [3.63, 3.8) is 0 Å². The minimum atomic E-state index is 0.230. The average Bonchev–Trinajstić information content (AvgIpc) is 3.54. The number of aromatic amines is 1. The molecule has 0 unspecified atom stereocenters. The van der Waals surface area contributed by atoms with Crippen LogP contribution in [0.4, 0.5) is 0 Å². The fraction of sp³-hybridized carbons (Fsp3) is 0.478. The van der Waals surface area contributed by atoms with Crippen LogP contribution in [0.3, 0.4) is 0 Å².